The van der Waals surface area contributed by atoms with Gasteiger partial charge in [-0.25, -0.2) is 0 Å². The maximum absolute atomic E-state index is 5.97. The Bertz CT molecular complexity index is 529. The van der Waals surface area contributed by atoms with Gasteiger partial charge in [0.15, 0.2) is 12.4 Å². The van der Waals surface area contributed by atoms with Gasteiger partial charge in [0.1, 0.15) is 5.75 Å². The highest BCUT2D eigenvalue weighted by Crippen LogP contribution is 2.28. The van der Waals surface area contributed by atoms with E-state index in [9.17, 15) is 0 Å². The average Bonchev–Trinajstić information content (AvgIpc) is 2.79. The van der Waals surface area contributed by atoms with Crippen molar-refractivity contribution in [1.82, 2.24) is 10.1 Å². The van der Waals surface area contributed by atoms with Crippen molar-refractivity contribution in [2.24, 2.45) is 0 Å². The number of hydrogen-bond acceptors (Lipinski definition) is 4. The van der Waals surface area contributed by atoms with Crippen molar-refractivity contribution in [3.05, 3.63) is 40.0 Å². The Morgan fingerprint density at radius 2 is 2.17 bits per heavy atom. The van der Waals surface area contributed by atoms with E-state index in [0.717, 1.165) is 12.8 Å². The van der Waals surface area contributed by atoms with Gasteiger partial charge in [0.2, 0.25) is 0 Å². The molecule has 0 aliphatic carbocycles. The normalized spacial score (nSPS) is 10.6. The van der Waals surface area contributed by atoms with Crippen molar-refractivity contribution < 1.29 is 9.26 Å². The van der Waals surface area contributed by atoms with Crippen molar-refractivity contribution in [3.8, 4) is 5.75 Å². The summed E-state index contributed by atoms with van der Waals surface area (Å²) >= 11 is 11.8. The minimum atomic E-state index is 0.177. The third kappa shape index (κ3) is 3.37. The quantitative estimate of drug-likeness (QED) is 0.836. The van der Waals surface area contributed by atoms with Gasteiger partial charge in [-0.15, -0.1) is 0 Å². The van der Waals surface area contributed by atoms with Gasteiger partial charge >= 0.3 is 0 Å². The van der Waals surface area contributed by atoms with Crippen LogP contribution in [-0.2, 0) is 13.0 Å². The molecule has 2 aromatic rings. The maximum Gasteiger partial charge on any atom is 0.264 e. The first-order chi connectivity index (χ1) is 8.69. The number of ether oxygens (including phenoxy) is 1. The molecule has 4 nitrogen and oxygen atoms in total. The van der Waals surface area contributed by atoms with Crippen LogP contribution >= 0.6 is 23.2 Å². The third-order valence-corrected chi connectivity index (χ3v) is 2.78. The molecule has 1 heterocycles. The molecular weight excluding hydrogens is 275 g/mol. The van der Waals surface area contributed by atoms with E-state index in [-0.39, 0.29) is 6.61 Å². The smallest absolute Gasteiger partial charge is 0.264 e. The highest BCUT2D eigenvalue weighted by Gasteiger charge is 2.08. The van der Waals surface area contributed by atoms with E-state index in [4.69, 9.17) is 32.5 Å². The summed E-state index contributed by atoms with van der Waals surface area (Å²) in [6, 6.07) is 5.02. The summed E-state index contributed by atoms with van der Waals surface area (Å²) < 4.78 is 10.5. The zero-order valence-corrected chi connectivity index (χ0v) is 11.3. The molecule has 1 aromatic carbocycles. The van der Waals surface area contributed by atoms with Crippen LogP contribution in [0.25, 0.3) is 0 Å². The number of rotatable bonds is 5. The predicted octanol–water partition coefficient (Wildman–Crippen LogP) is 3.91. The first-order valence-electron chi connectivity index (χ1n) is 5.58. The van der Waals surface area contributed by atoms with Gasteiger partial charge in [0, 0.05) is 17.5 Å². The van der Waals surface area contributed by atoms with Gasteiger partial charge in [-0.05, 0) is 18.6 Å². The lowest BCUT2D eigenvalue weighted by atomic mass is 10.3. The van der Waals surface area contributed by atoms with Crippen molar-refractivity contribution in [2.75, 3.05) is 0 Å². The molecule has 0 fully saturated rings. The van der Waals surface area contributed by atoms with Gasteiger partial charge in [-0.2, -0.15) is 4.98 Å². The average molecular weight is 287 g/mol. The van der Waals surface area contributed by atoms with Crippen LogP contribution in [0.15, 0.2) is 22.7 Å². The zero-order chi connectivity index (χ0) is 13.0. The van der Waals surface area contributed by atoms with Crippen molar-refractivity contribution in [1.29, 1.82) is 0 Å². The second-order valence-electron chi connectivity index (χ2n) is 3.72. The zero-order valence-electron chi connectivity index (χ0n) is 9.82. The Morgan fingerprint density at radius 3 is 2.94 bits per heavy atom. The van der Waals surface area contributed by atoms with E-state index in [1.807, 2.05) is 0 Å². The molecule has 0 aliphatic heterocycles. The lowest BCUT2D eigenvalue weighted by Crippen LogP contribution is -1.97. The Morgan fingerprint density at radius 1 is 1.33 bits per heavy atom. The highest BCUT2D eigenvalue weighted by atomic mass is 35.5. The Balaban J connectivity index is 1.99. The molecule has 0 N–H and O–H groups in total. The number of aryl methyl sites for hydroxylation is 1. The Hall–Kier alpha value is -1.26. The minimum absolute atomic E-state index is 0.177. The molecule has 0 aliphatic rings. The summed E-state index contributed by atoms with van der Waals surface area (Å²) in [5.41, 5.74) is 0. The van der Waals surface area contributed by atoms with E-state index in [0.29, 0.717) is 27.5 Å². The summed E-state index contributed by atoms with van der Waals surface area (Å²) in [5.74, 6) is 1.61. The molecule has 0 atom stereocenters. The maximum atomic E-state index is 5.97. The number of benzene rings is 1. The first kappa shape index (κ1) is 13.2. The van der Waals surface area contributed by atoms with Crippen LogP contribution in [0.5, 0.6) is 5.75 Å². The number of halogens is 2. The van der Waals surface area contributed by atoms with Crippen molar-refractivity contribution >= 4 is 23.2 Å². The largest absolute Gasteiger partial charge is 0.482 e. The van der Waals surface area contributed by atoms with Gasteiger partial charge in [-0.1, -0.05) is 35.3 Å². The molecule has 0 amide bonds. The van der Waals surface area contributed by atoms with Crippen molar-refractivity contribution in [2.45, 2.75) is 26.4 Å². The summed E-state index contributed by atoms with van der Waals surface area (Å²) in [6.45, 7) is 2.23. The number of aromatic nitrogens is 2. The fourth-order valence-corrected chi connectivity index (χ4v) is 1.74. The van der Waals surface area contributed by atoms with E-state index in [1.165, 1.54) is 0 Å². The van der Waals surface area contributed by atoms with Crippen LogP contribution in [0, 0.1) is 0 Å². The summed E-state index contributed by atoms with van der Waals surface area (Å²) in [7, 11) is 0. The van der Waals surface area contributed by atoms with Gasteiger partial charge in [-0.3, -0.25) is 0 Å². The topological polar surface area (TPSA) is 48.2 Å². The molecule has 0 unspecified atom stereocenters. The van der Waals surface area contributed by atoms with Crippen molar-refractivity contribution in [3.63, 3.8) is 0 Å². The third-order valence-electron chi connectivity index (χ3n) is 2.23. The molecule has 18 heavy (non-hydrogen) atoms. The van der Waals surface area contributed by atoms with Gasteiger partial charge < -0.3 is 9.26 Å². The van der Waals surface area contributed by atoms with Crippen LogP contribution in [0.3, 0.4) is 0 Å². The molecule has 2 rings (SSSR count). The summed E-state index contributed by atoms with van der Waals surface area (Å²) in [6.07, 6.45) is 1.77. The fraction of sp³-hybridized carbons (Fsp3) is 0.333. The standard InChI is InChI=1S/C12H12Cl2N2O2/c1-2-3-11-15-12(18-16-11)7-17-10-6-8(13)4-5-9(10)14/h4-6H,2-3,7H2,1H3. The van der Waals surface area contributed by atoms with Gasteiger partial charge in [0.05, 0.1) is 5.02 Å². The second-order valence-corrected chi connectivity index (χ2v) is 4.56. The lowest BCUT2D eigenvalue weighted by Gasteiger charge is -2.05. The minimum Gasteiger partial charge on any atom is -0.482 e. The van der Waals surface area contributed by atoms with Crippen LogP contribution in [0.2, 0.25) is 10.0 Å². The fourth-order valence-electron chi connectivity index (χ4n) is 1.40. The number of nitrogens with zero attached hydrogens (tertiary/aromatic N) is 2. The van der Waals surface area contributed by atoms with E-state index in [2.05, 4.69) is 17.1 Å². The molecule has 0 saturated heterocycles. The van der Waals surface area contributed by atoms with Crippen LogP contribution in [0.1, 0.15) is 25.1 Å². The Kier molecular flexibility index (Phi) is 4.44. The molecule has 6 heteroatoms. The molecule has 0 saturated carbocycles. The van der Waals surface area contributed by atoms with Crippen LogP contribution < -0.4 is 4.74 Å². The van der Waals surface area contributed by atoms with E-state index in [1.54, 1.807) is 18.2 Å². The van der Waals surface area contributed by atoms with E-state index < -0.39 is 0 Å². The number of hydrogen-bond donors (Lipinski definition) is 0. The second kappa shape index (κ2) is 6.07. The highest BCUT2D eigenvalue weighted by molar-refractivity contribution is 6.34. The molecule has 0 radical (unpaired) electrons. The molecule has 0 spiro atoms. The monoisotopic (exact) mass is 286 g/mol. The SMILES string of the molecule is CCCc1noc(COc2cc(Cl)ccc2Cl)n1. The van der Waals surface area contributed by atoms with Gasteiger partial charge in [0.25, 0.3) is 5.89 Å². The lowest BCUT2D eigenvalue weighted by molar-refractivity contribution is 0.242. The van der Waals surface area contributed by atoms with Crippen LogP contribution in [0.4, 0.5) is 0 Å². The summed E-state index contributed by atoms with van der Waals surface area (Å²) in [5, 5.41) is 4.89. The summed E-state index contributed by atoms with van der Waals surface area (Å²) in [4.78, 5) is 4.19. The Labute approximate surface area is 115 Å². The molecule has 0 bridgehead atoms. The predicted molar refractivity (Wildman–Crippen MR) is 69.1 cm³/mol. The molecular formula is C12H12Cl2N2O2. The van der Waals surface area contributed by atoms with Crippen LogP contribution in [-0.4, -0.2) is 10.1 Å². The molecule has 1 aromatic heterocycles. The van der Waals surface area contributed by atoms with E-state index >= 15 is 0 Å². The molecule has 96 valence electrons. The first-order valence-corrected chi connectivity index (χ1v) is 6.34.